The van der Waals surface area contributed by atoms with Crippen LogP contribution in [0.5, 0.6) is 0 Å². The molecule has 0 aliphatic carbocycles. The molecule has 44 valence electrons. The van der Waals surface area contributed by atoms with Crippen LogP contribution in [0.15, 0.2) is 0 Å². The standard InChI is InChI=1S/C4H12N2O/c1-4(6)2-7-3-5/h4H,2-3,5-6H2,1H3. The monoisotopic (exact) mass is 104 g/mol. The molecule has 0 radical (unpaired) electrons. The van der Waals surface area contributed by atoms with E-state index in [0.717, 1.165) is 0 Å². The Morgan fingerprint density at radius 2 is 2.29 bits per heavy atom. The van der Waals surface area contributed by atoms with Crippen LogP contribution in [0, 0.1) is 0 Å². The fraction of sp³-hybridized carbons (Fsp3) is 1.00. The summed E-state index contributed by atoms with van der Waals surface area (Å²) in [5.41, 5.74) is 10.3. The predicted octanol–water partition coefficient (Wildman–Crippen LogP) is -0.734. The van der Waals surface area contributed by atoms with Crippen molar-refractivity contribution >= 4 is 0 Å². The van der Waals surface area contributed by atoms with Crippen LogP contribution < -0.4 is 11.5 Å². The zero-order valence-electron chi connectivity index (χ0n) is 4.55. The molecule has 0 bridgehead atoms. The second-order valence-corrected chi connectivity index (χ2v) is 1.51. The quantitative estimate of drug-likeness (QED) is 0.464. The summed E-state index contributed by atoms with van der Waals surface area (Å²) in [7, 11) is 0. The minimum absolute atomic E-state index is 0.101. The molecule has 0 heterocycles. The van der Waals surface area contributed by atoms with Gasteiger partial charge in [-0.05, 0) is 6.92 Å². The maximum absolute atomic E-state index is 5.30. The van der Waals surface area contributed by atoms with Crippen molar-refractivity contribution in [3.63, 3.8) is 0 Å². The van der Waals surface area contributed by atoms with Crippen LogP contribution in [-0.2, 0) is 4.74 Å². The van der Waals surface area contributed by atoms with E-state index < -0.39 is 0 Å². The molecular weight excluding hydrogens is 92.1 g/mol. The first-order chi connectivity index (χ1) is 3.27. The highest BCUT2D eigenvalue weighted by Crippen LogP contribution is 1.73. The van der Waals surface area contributed by atoms with Crippen LogP contribution in [0.25, 0.3) is 0 Å². The highest BCUT2D eigenvalue weighted by Gasteiger charge is 1.88. The van der Waals surface area contributed by atoms with Gasteiger partial charge in [-0.25, -0.2) is 0 Å². The predicted molar refractivity (Wildman–Crippen MR) is 28.7 cm³/mol. The Morgan fingerprint density at radius 1 is 1.71 bits per heavy atom. The summed E-state index contributed by atoms with van der Waals surface area (Å²) in [6.45, 7) is 2.69. The number of hydrogen-bond acceptors (Lipinski definition) is 3. The van der Waals surface area contributed by atoms with E-state index in [9.17, 15) is 0 Å². The zero-order valence-corrected chi connectivity index (χ0v) is 4.55. The highest BCUT2D eigenvalue weighted by atomic mass is 16.5. The van der Waals surface area contributed by atoms with Gasteiger partial charge >= 0.3 is 0 Å². The second-order valence-electron chi connectivity index (χ2n) is 1.51. The SMILES string of the molecule is CC(N)COCN. The molecule has 0 aliphatic rings. The molecule has 0 aliphatic heterocycles. The smallest absolute Gasteiger partial charge is 0.0941 e. The molecule has 0 saturated carbocycles. The van der Waals surface area contributed by atoms with E-state index in [-0.39, 0.29) is 12.8 Å². The molecule has 7 heavy (non-hydrogen) atoms. The number of nitrogens with two attached hydrogens (primary N) is 2. The molecule has 0 aromatic carbocycles. The molecule has 0 aromatic heterocycles. The van der Waals surface area contributed by atoms with E-state index in [0.29, 0.717) is 6.61 Å². The first-order valence-electron chi connectivity index (χ1n) is 2.30. The molecule has 1 atom stereocenters. The van der Waals surface area contributed by atoms with Gasteiger partial charge in [0.15, 0.2) is 0 Å². The lowest BCUT2D eigenvalue weighted by Gasteiger charge is -2.01. The number of ether oxygens (including phenoxy) is 1. The van der Waals surface area contributed by atoms with E-state index in [1.807, 2.05) is 6.92 Å². The summed E-state index contributed by atoms with van der Waals surface area (Å²) in [6, 6.07) is 0.101. The average molecular weight is 104 g/mol. The zero-order chi connectivity index (χ0) is 5.70. The van der Waals surface area contributed by atoms with Crippen molar-refractivity contribution < 1.29 is 4.74 Å². The minimum atomic E-state index is 0.101. The molecule has 0 aromatic rings. The maximum atomic E-state index is 5.30. The van der Waals surface area contributed by atoms with Gasteiger partial charge in [0.1, 0.15) is 0 Å². The van der Waals surface area contributed by atoms with Gasteiger partial charge in [0.2, 0.25) is 0 Å². The van der Waals surface area contributed by atoms with Crippen molar-refractivity contribution in [2.24, 2.45) is 11.5 Å². The average Bonchev–Trinajstić information content (AvgIpc) is 1.61. The largest absolute Gasteiger partial charge is 0.365 e. The molecule has 0 fully saturated rings. The van der Waals surface area contributed by atoms with Crippen LogP contribution in [0.3, 0.4) is 0 Å². The Labute approximate surface area is 43.6 Å². The van der Waals surface area contributed by atoms with Crippen molar-refractivity contribution in [3.8, 4) is 0 Å². The molecule has 3 heteroatoms. The Hall–Kier alpha value is -0.120. The molecule has 0 rings (SSSR count). The Kier molecular flexibility index (Phi) is 3.98. The molecular formula is C4H12N2O. The van der Waals surface area contributed by atoms with E-state index in [1.54, 1.807) is 0 Å². The van der Waals surface area contributed by atoms with Crippen molar-refractivity contribution in [2.45, 2.75) is 13.0 Å². The third-order valence-electron chi connectivity index (χ3n) is 0.499. The molecule has 1 unspecified atom stereocenters. The summed E-state index contributed by atoms with van der Waals surface area (Å²) in [4.78, 5) is 0. The van der Waals surface area contributed by atoms with Crippen LogP contribution in [0.2, 0.25) is 0 Å². The van der Waals surface area contributed by atoms with Gasteiger partial charge in [-0.2, -0.15) is 0 Å². The van der Waals surface area contributed by atoms with Crippen LogP contribution in [-0.4, -0.2) is 19.4 Å². The third-order valence-corrected chi connectivity index (χ3v) is 0.499. The Morgan fingerprint density at radius 3 is 2.43 bits per heavy atom. The third kappa shape index (κ3) is 5.88. The highest BCUT2D eigenvalue weighted by molar-refractivity contribution is 4.46. The first kappa shape index (κ1) is 6.88. The molecule has 0 saturated heterocycles. The van der Waals surface area contributed by atoms with Crippen LogP contribution in [0.1, 0.15) is 6.92 Å². The molecule has 3 nitrogen and oxygen atoms in total. The van der Waals surface area contributed by atoms with Gasteiger partial charge in [0.05, 0.1) is 13.3 Å². The topological polar surface area (TPSA) is 61.3 Å². The maximum Gasteiger partial charge on any atom is 0.0941 e. The lowest BCUT2D eigenvalue weighted by Crippen LogP contribution is -2.23. The van der Waals surface area contributed by atoms with Crippen molar-refractivity contribution in [2.75, 3.05) is 13.3 Å². The van der Waals surface area contributed by atoms with Crippen LogP contribution in [0.4, 0.5) is 0 Å². The summed E-state index contributed by atoms with van der Waals surface area (Å²) in [5.74, 6) is 0. The van der Waals surface area contributed by atoms with Gasteiger partial charge in [-0.1, -0.05) is 0 Å². The second kappa shape index (κ2) is 4.05. The lowest BCUT2D eigenvalue weighted by molar-refractivity contribution is 0.131. The molecule has 0 amide bonds. The van der Waals surface area contributed by atoms with E-state index in [2.05, 4.69) is 0 Å². The van der Waals surface area contributed by atoms with E-state index in [4.69, 9.17) is 16.2 Å². The number of hydrogen-bond donors (Lipinski definition) is 2. The van der Waals surface area contributed by atoms with Gasteiger partial charge in [0.25, 0.3) is 0 Å². The van der Waals surface area contributed by atoms with Crippen molar-refractivity contribution in [3.05, 3.63) is 0 Å². The first-order valence-corrected chi connectivity index (χ1v) is 2.30. The Bertz CT molecular complexity index is 38.7. The van der Waals surface area contributed by atoms with Gasteiger partial charge < -0.3 is 16.2 Å². The number of rotatable bonds is 3. The van der Waals surface area contributed by atoms with E-state index in [1.165, 1.54) is 0 Å². The lowest BCUT2D eigenvalue weighted by atomic mass is 10.4. The Balaban J connectivity index is 2.68. The van der Waals surface area contributed by atoms with Crippen LogP contribution >= 0.6 is 0 Å². The van der Waals surface area contributed by atoms with Crippen molar-refractivity contribution in [1.29, 1.82) is 0 Å². The van der Waals surface area contributed by atoms with Crippen molar-refractivity contribution in [1.82, 2.24) is 0 Å². The summed E-state index contributed by atoms with van der Waals surface area (Å²) < 4.78 is 4.75. The van der Waals surface area contributed by atoms with Gasteiger partial charge in [-0.3, -0.25) is 0 Å². The minimum Gasteiger partial charge on any atom is -0.365 e. The molecule has 4 N–H and O–H groups in total. The normalized spacial score (nSPS) is 14.1. The summed E-state index contributed by atoms with van der Waals surface area (Å²) in [6.07, 6.45) is 0. The van der Waals surface area contributed by atoms with Gasteiger partial charge in [-0.15, -0.1) is 0 Å². The van der Waals surface area contributed by atoms with Gasteiger partial charge in [0, 0.05) is 6.04 Å². The summed E-state index contributed by atoms with van der Waals surface area (Å²) in [5, 5.41) is 0. The molecule has 0 spiro atoms. The summed E-state index contributed by atoms with van der Waals surface area (Å²) >= 11 is 0. The fourth-order valence-electron chi connectivity index (χ4n) is 0.254. The fourth-order valence-corrected chi connectivity index (χ4v) is 0.254. The van der Waals surface area contributed by atoms with E-state index >= 15 is 0 Å².